The van der Waals surface area contributed by atoms with E-state index in [4.69, 9.17) is 5.73 Å². The summed E-state index contributed by atoms with van der Waals surface area (Å²) in [6.07, 6.45) is 2.15. The zero-order valence-electron chi connectivity index (χ0n) is 13.9. The van der Waals surface area contributed by atoms with E-state index in [0.29, 0.717) is 6.04 Å². The number of nitrogens with zero attached hydrogens (tertiary/aromatic N) is 2. The van der Waals surface area contributed by atoms with Gasteiger partial charge < -0.3 is 5.73 Å². The fourth-order valence-corrected chi connectivity index (χ4v) is 3.27. The third kappa shape index (κ3) is 4.80. The summed E-state index contributed by atoms with van der Waals surface area (Å²) in [5, 5.41) is 0. The first-order chi connectivity index (χ1) is 10.0. The molecular formula is C18H31N3. The lowest BCUT2D eigenvalue weighted by atomic mass is 9.91. The van der Waals surface area contributed by atoms with E-state index >= 15 is 0 Å². The maximum absolute atomic E-state index is 6.16. The van der Waals surface area contributed by atoms with Crippen LogP contribution in [-0.2, 0) is 6.54 Å². The first kappa shape index (κ1) is 16.5. The predicted octanol–water partition coefficient (Wildman–Crippen LogP) is 2.71. The van der Waals surface area contributed by atoms with Crippen molar-refractivity contribution in [3.8, 4) is 0 Å². The minimum atomic E-state index is 0.217. The Labute approximate surface area is 130 Å². The van der Waals surface area contributed by atoms with E-state index in [1.807, 2.05) is 0 Å². The first-order valence-corrected chi connectivity index (χ1v) is 8.28. The molecule has 3 nitrogen and oxygen atoms in total. The van der Waals surface area contributed by atoms with Crippen LogP contribution in [0.15, 0.2) is 30.3 Å². The number of rotatable bonds is 6. The number of piperazine rings is 1. The molecule has 1 aliphatic rings. The lowest BCUT2D eigenvalue weighted by Crippen LogP contribution is -2.55. The van der Waals surface area contributed by atoms with Gasteiger partial charge in [-0.25, -0.2) is 0 Å². The van der Waals surface area contributed by atoms with Crippen LogP contribution < -0.4 is 5.73 Å². The van der Waals surface area contributed by atoms with Crippen molar-refractivity contribution in [2.75, 3.05) is 26.2 Å². The molecule has 0 amide bonds. The Balaban J connectivity index is 1.82. The van der Waals surface area contributed by atoms with Crippen molar-refractivity contribution in [1.29, 1.82) is 0 Å². The third-order valence-electron chi connectivity index (χ3n) is 4.76. The Kier molecular flexibility index (Phi) is 5.80. The molecule has 0 spiro atoms. The van der Waals surface area contributed by atoms with Crippen molar-refractivity contribution in [1.82, 2.24) is 9.80 Å². The topological polar surface area (TPSA) is 32.5 Å². The molecule has 1 unspecified atom stereocenters. The minimum absolute atomic E-state index is 0.217. The number of hydrogen-bond donors (Lipinski definition) is 1. The molecular weight excluding hydrogens is 258 g/mol. The molecule has 2 rings (SSSR count). The maximum Gasteiger partial charge on any atom is 0.0234 e. The number of benzene rings is 1. The Morgan fingerprint density at radius 3 is 2.29 bits per heavy atom. The second kappa shape index (κ2) is 7.39. The molecule has 2 N–H and O–H groups in total. The van der Waals surface area contributed by atoms with Gasteiger partial charge >= 0.3 is 0 Å². The van der Waals surface area contributed by atoms with Crippen LogP contribution in [0.2, 0.25) is 0 Å². The Bertz CT molecular complexity index is 408. The average molecular weight is 289 g/mol. The van der Waals surface area contributed by atoms with Gasteiger partial charge in [0, 0.05) is 44.3 Å². The van der Waals surface area contributed by atoms with E-state index in [1.165, 1.54) is 5.56 Å². The highest BCUT2D eigenvalue weighted by atomic mass is 15.3. The predicted molar refractivity (Wildman–Crippen MR) is 90.3 cm³/mol. The molecule has 118 valence electrons. The number of hydrogen-bond acceptors (Lipinski definition) is 3. The van der Waals surface area contributed by atoms with Gasteiger partial charge in [-0.1, -0.05) is 37.3 Å². The normalized spacial score (nSPS) is 19.6. The highest BCUT2D eigenvalue weighted by molar-refractivity contribution is 5.14. The molecule has 0 radical (unpaired) electrons. The number of nitrogens with two attached hydrogens (primary N) is 1. The van der Waals surface area contributed by atoms with Gasteiger partial charge in [-0.15, -0.1) is 0 Å². The molecule has 1 aromatic rings. The molecule has 0 aliphatic carbocycles. The Morgan fingerprint density at radius 2 is 1.71 bits per heavy atom. The molecule has 0 aromatic heterocycles. The zero-order chi connectivity index (χ0) is 15.3. The van der Waals surface area contributed by atoms with E-state index < -0.39 is 0 Å². The van der Waals surface area contributed by atoms with Crippen LogP contribution in [0.1, 0.15) is 39.2 Å². The lowest BCUT2D eigenvalue weighted by Gasteiger charge is -2.45. The van der Waals surface area contributed by atoms with Crippen molar-refractivity contribution in [3.05, 3.63) is 35.9 Å². The summed E-state index contributed by atoms with van der Waals surface area (Å²) >= 11 is 0. The van der Waals surface area contributed by atoms with Gasteiger partial charge in [0.25, 0.3) is 0 Å². The molecule has 1 saturated heterocycles. The smallest absolute Gasteiger partial charge is 0.0234 e. The van der Waals surface area contributed by atoms with Crippen molar-refractivity contribution in [3.63, 3.8) is 0 Å². The molecule has 1 fully saturated rings. The zero-order valence-corrected chi connectivity index (χ0v) is 13.9. The van der Waals surface area contributed by atoms with Crippen LogP contribution in [0.4, 0.5) is 0 Å². The molecule has 1 heterocycles. The highest BCUT2D eigenvalue weighted by Crippen LogP contribution is 2.23. The van der Waals surface area contributed by atoms with Crippen molar-refractivity contribution >= 4 is 0 Å². The second-order valence-electron chi connectivity index (χ2n) is 6.93. The molecule has 21 heavy (non-hydrogen) atoms. The molecule has 1 atom stereocenters. The van der Waals surface area contributed by atoms with Crippen LogP contribution in [0.3, 0.4) is 0 Å². The molecule has 0 saturated carbocycles. The van der Waals surface area contributed by atoms with Crippen LogP contribution >= 0.6 is 0 Å². The summed E-state index contributed by atoms with van der Waals surface area (Å²) in [5.41, 5.74) is 7.79. The van der Waals surface area contributed by atoms with Crippen LogP contribution in [-0.4, -0.2) is 47.6 Å². The van der Waals surface area contributed by atoms with Gasteiger partial charge in [-0.3, -0.25) is 9.80 Å². The fourth-order valence-electron chi connectivity index (χ4n) is 3.27. The van der Waals surface area contributed by atoms with Crippen LogP contribution in [0.5, 0.6) is 0 Å². The maximum atomic E-state index is 6.16. The van der Waals surface area contributed by atoms with Crippen molar-refractivity contribution in [2.24, 2.45) is 5.73 Å². The first-order valence-electron chi connectivity index (χ1n) is 8.28. The highest BCUT2D eigenvalue weighted by Gasteiger charge is 2.30. The molecule has 1 aliphatic heterocycles. The lowest BCUT2D eigenvalue weighted by molar-refractivity contribution is 0.0405. The average Bonchev–Trinajstić information content (AvgIpc) is 2.48. The van der Waals surface area contributed by atoms with Crippen LogP contribution in [0.25, 0.3) is 0 Å². The Hall–Kier alpha value is -0.900. The van der Waals surface area contributed by atoms with Gasteiger partial charge in [-0.2, -0.15) is 0 Å². The summed E-state index contributed by atoms with van der Waals surface area (Å²) in [5.74, 6) is 0. The van der Waals surface area contributed by atoms with Gasteiger partial charge in [-0.05, 0) is 32.3 Å². The van der Waals surface area contributed by atoms with Gasteiger partial charge in [0.05, 0.1) is 0 Å². The minimum Gasteiger partial charge on any atom is -0.328 e. The second-order valence-corrected chi connectivity index (χ2v) is 6.93. The molecule has 3 heteroatoms. The largest absolute Gasteiger partial charge is 0.328 e. The fraction of sp³-hybridized carbons (Fsp3) is 0.667. The van der Waals surface area contributed by atoms with E-state index in [-0.39, 0.29) is 5.54 Å². The third-order valence-corrected chi connectivity index (χ3v) is 4.76. The SMILES string of the molecule is CCC(N)CC(C)(C)N1CCN(Cc2ccccc2)CC1. The molecule has 1 aromatic carbocycles. The summed E-state index contributed by atoms with van der Waals surface area (Å²) in [6, 6.07) is 11.1. The van der Waals surface area contributed by atoms with Gasteiger partial charge in [0.2, 0.25) is 0 Å². The summed E-state index contributed by atoms with van der Waals surface area (Å²) in [7, 11) is 0. The molecule has 0 bridgehead atoms. The van der Waals surface area contributed by atoms with E-state index in [0.717, 1.165) is 45.6 Å². The van der Waals surface area contributed by atoms with Crippen molar-refractivity contribution < 1.29 is 0 Å². The summed E-state index contributed by atoms with van der Waals surface area (Å²) in [6.45, 7) is 12.5. The van der Waals surface area contributed by atoms with E-state index in [2.05, 4.69) is 60.9 Å². The summed E-state index contributed by atoms with van der Waals surface area (Å²) < 4.78 is 0. The van der Waals surface area contributed by atoms with E-state index in [9.17, 15) is 0 Å². The Morgan fingerprint density at radius 1 is 1.10 bits per heavy atom. The van der Waals surface area contributed by atoms with Gasteiger partial charge in [0.15, 0.2) is 0 Å². The van der Waals surface area contributed by atoms with Crippen molar-refractivity contribution in [2.45, 2.75) is 51.7 Å². The van der Waals surface area contributed by atoms with Gasteiger partial charge in [0.1, 0.15) is 0 Å². The summed E-state index contributed by atoms with van der Waals surface area (Å²) in [4.78, 5) is 5.17. The van der Waals surface area contributed by atoms with E-state index in [1.54, 1.807) is 0 Å². The van der Waals surface area contributed by atoms with Crippen LogP contribution in [0, 0.1) is 0 Å². The monoisotopic (exact) mass is 289 g/mol. The standard InChI is InChI=1S/C18H31N3/c1-4-17(19)14-18(2,3)21-12-10-20(11-13-21)15-16-8-6-5-7-9-16/h5-9,17H,4,10-15,19H2,1-3H3. The quantitative estimate of drug-likeness (QED) is 0.874.